The van der Waals surface area contributed by atoms with Gasteiger partial charge in [-0.1, -0.05) is 24.6 Å². The van der Waals surface area contributed by atoms with E-state index >= 15 is 0 Å². The van der Waals surface area contributed by atoms with Crippen LogP contribution in [0.4, 0.5) is 0 Å². The van der Waals surface area contributed by atoms with Crippen LogP contribution in [0.1, 0.15) is 24.6 Å². The zero-order valence-electron chi connectivity index (χ0n) is 17.1. The number of nitrogens with zero attached hydrogens (tertiary/aromatic N) is 5. The maximum Gasteiger partial charge on any atom is 0.183 e. The Morgan fingerprint density at radius 2 is 1.93 bits per heavy atom. The smallest absolute Gasteiger partial charge is 0.183 e. The zero-order chi connectivity index (χ0) is 20.5. The summed E-state index contributed by atoms with van der Waals surface area (Å²) < 4.78 is 7.84. The van der Waals surface area contributed by atoms with Crippen molar-refractivity contribution in [3.05, 3.63) is 52.7 Å². The summed E-state index contributed by atoms with van der Waals surface area (Å²) in [6.07, 6.45) is 0.940. The van der Waals surface area contributed by atoms with Gasteiger partial charge >= 0.3 is 0 Å². The SMILES string of the molecule is CCCOc1ccc(Cl)c(-c2nnc3c(C)nc4ccc(CN(C)C)cc4n23)c1. The van der Waals surface area contributed by atoms with E-state index in [9.17, 15) is 0 Å². The summed E-state index contributed by atoms with van der Waals surface area (Å²) in [5.41, 5.74) is 5.39. The molecule has 0 spiro atoms. The number of halogens is 1. The second kappa shape index (κ2) is 7.97. The first-order valence-corrected chi connectivity index (χ1v) is 10.1. The summed E-state index contributed by atoms with van der Waals surface area (Å²) in [6, 6.07) is 12.0. The fourth-order valence-corrected chi connectivity index (χ4v) is 3.65. The van der Waals surface area contributed by atoms with Crippen LogP contribution < -0.4 is 4.74 Å². The van der Waals surface area contributed by atoms with Gasteiger partial charge in [-0.3, -0.25) is 4.40 Å². The molecule has 0 aliphatic rings. The number of hydrogen-bond acceptors (Lipinski definition) is 5. The van der Waals surface area contributed by atoms with E-state index in [2.05, 4.69) is 48.2 Å². The Hall–Kier alpha value is -2.70. The molecule has 0 N–H and O–H groups in total. The molecule has 0 unspecified atom stereocenters. The van der Waals surface area contributed by atoms with Gasteiger partial charge in [-0.25, -0.2) is 4.98 Å². The van der Waals surface area contributed by atoms with Crippen LogP contribution in [-0.2, 0) is 6.54 Å². The van der Waals surface area contributed by atoms with Gasteiger partial charge in [0.25, 0.3) is 0 Å². The summed E-state index contributed by atoms with van der Waals surface area (Å²) in [5, 5.41) is 9.49. The molecule has 2 aromatic carbocycles. The quantitative estimate of drug-likeness (QED) is 0.459. The van der Waals surface area contributed by atoms with Crippen molar-refractivity contribution in [2.24, 2.45) is 0 Å². The zero-order valence-corrected chi connectivity index (χ0v) is 17.9. The second-order valence-corrected chi connectivity index (χ2v) is 7.84. The van der Waals surface area contributed by atoms with E-state index < -0.39 is 0 Å². The van der Waals surface area contributed by atoms with Gasteiger partial charge in [-0.2, -0.15) is 0 Å². The first-order valence-electron chi connectivity index (χ1n) is 9.69. The van der Waals surface area contributed by atoms with Gasteiger partial charge < -0.3 is 9.64 Å². The Morgan fingerprint density at radius 1 is 1.10 bits per heavy atom. The molecule has 0 fully saturated rings. The molecule has 29 heavy (non-hydrogen) atoms. The predicted molar refractivity (Wildman–Crippen MR) is 117 cm³/mol. The molecule has 0 aliphatic carbocycles. The van der Waals surface area contributed by atoms with Gasteiger partial charge in [0.15, 0.2) is 11.5 Å². The van der Waals surface area contributed by atoms with Crippen molar-refractivity contribution < 1.29 is 4.74 Å². The third kappa shape index (κ3) is 3.78. The summed E-state index contributed by atoms with van der Waals surface area (Å²) in [7, 11) is 4.11. The van der Waals surface area contributed by atoms with Crippen LogP contribution in [0.3, 0.4) is 0 Å². The average Bonchev–Trinajstić information content (AvgIpc) is 3.13. The molecular formula is C22H24ClN5O. The highest BCUT2D eigenvalue weighted by Gasteiger charge is 2.17. The number of ether oxygens (including phenoxy) is 1. The van der Waals surface area contributed by atoms with Gasteiger partial charge in [-0.15, -0.1) is 10.2 Å². The molecule has 2 aromatic heterocycles. The van der Waals surface area contributed by atoms with Crippen molar-refractivity contribution >= 4 is 28.3 Å². The standard InChI is InChI=1S/C22H24ClN5O/c1-5-10-29-16-7-8-18(23)17(12-16)22-26-25-21-14(2)24-19-9-6-15(13-27(3)4)11-20(19)28(21)22/h6-9,11-12H,5,10,13H2,1-4H3. The Labute approximate surface area is 175 Å². The summed E-state index contributed by atoms with van der Waals surface area (Å²) in [6.45, 7) is 5.52. The number of hydrogen-bond donors (Lipinski definition) is 0. The number of aryl methyl sites for hydroxylation is 1. The molecule has 0 bridgehead atoms. The lowest BCUT2D eigenvalue weighted by molar-refractivity contribution is 0.317. The van der Waals surface area contributed by atoms with Crippen molar-refractivity contribution in [2.75, 3.05) is 20.7 Å². The minimum absolute atomic E-state index is 0.607. The van der Waals surface area contributed by atoms with Gasteiger partial charge in [0.1, 0.15) is 5.75 Å². The highest BCUT2D eigenvalue weighted by atomic mass is 35.5. The molecule has 0 atom stereocenters. The van der Waals surface area contributed by atoms with Crippen molar-refractivity contribution in [1.29, 1.82) is 0 Å². The number of rotatable bonds is 6. The van der Waals surface area contributed by atoms with E-state index in [0.29, 0.717) is 17.5 Å². The lowest BCUT2D eigenvalue weighted by atomic mass is 10.1. The first kappa shape index (κ1) is 19.6. The Balaban J connectivity index is 1.96. The van der Waals surface area contributed by atoms with E-state index in [1.807, 2.05) is 35.6 Å². The van der Waals surface area contributed by atoms with Crippen LogP contribution in [-0.4, -0.2) is 45.2 Å². The van der Waals surface area contributed by atoms with E-state index in [0.717, 1.165) is 46.7 Å². The van der Waals surface area contributed by atoms with Crippen molar-refractivity contribution in [2.45, 2.75) is 26.8 Å². The fraction of sp³-hybridized carbons (Fsp3) is 0.318. The number of fused-ring (bicyclic) bond motifs is 3. The van der Waals surface area contributed by atoms with Crippen LogP contribution in [0.5, 0.6) is 5.75 Å². The van der Waals surface area contributed by atoms with Crippen LogP contribution in [0, 0.1) is 6.92 Å². The molecule has 0 aliphatic heterocycles. The van der Waals surface area contributed by atoms with E-state index in [-0.39, 0.29) is 0 Å². The summed E-state index contributed by atoms with van der Waals surface area (Å²) in [4.78, 5) is 6.85. The molecule has 4 rings (SSSR count). The highest BCUT2D eigenvalue weighted by Crippen LogP contribution is 2.33. The van der Waals surface area contributed by atoms with Gasteiger partial charge in [0.05, 0.1) is 28.4 Å². The molecule has 2 heterocycles. The first-order chi connectivity index (χ1) is 14.0. The molecule has 0 radical (unpaired) electrons. The van der Waals surface area contributed by atoms with E-state index in [1.165, 1.54) is 5.56 Å². The maximum atomic E-state index is 6.55. The Kier molecular flexibility index (Phi) is 5.39. The van der Waals surface area contributed by atoms with Crippen LogP contribution in [0.2, 0.25) is 5.02 Å². The van der Waals surface area contributed by atoms with Crippen molar-refractivity contribution in [3.63, 3.8) is 0 Å². The Morgan fingerprint density at radius 3 is 2.69 bits per heavy atom. The third-order valence-electron chi connectivity index (χ3n) is 4.71. The van der Waals surface area contributed by atoms with Gasteiger partial charge in [0, 0.05) is 12.1 Å². The lowest BCUT2D eigenvalue weighted by Crippen LogP contribution is -2.10. The lowest BCUT2D eigenvalue weighted by Gasteiger charge is -2.13. The largest absolute Gasteiger partial charge is 0.494 e. The van der Waals surface area contributed by atoms with E-state index in [1.54, 1.807) is 0 Å². The topological polar surface area (TPSA) is 55.6 Å². The van der Waals surface area contributed by atoms with Crippen molar-refractivity contribution in [1.82, 2.24) is 24.5 Å². The minimum atomic E-state index is 0.607. The maximum absolute atomic E-state index is 6.55. The van der Waals surface area contributed by atoms with Gasteiger partial charge in [-0.05, 0) is 63.3 Å². The molecular weight excluding hydrogens is 386 g/mol. The molecule has 6 nitrogen and oxygen atoms in total. The van der Waals surface area contributed by atoms with Crippen LogP contribution >= 0.6 is 11.6 Å². The van der Waals surface area contributed by atoms with E-state index in [4.69, 9.17) is 21.3 Å². The number of aromatic nitrogens is 4. The Bertz CT molecular complexity index is 1180. The average molecular weight is 410 g/mol. The monoisotopic (exact) mass is 409 g/mol. The highest BCUT2D eigenvalue weighted by molar-refractivity contribution is 6.33. The normalized spacial score (nSPS) is 11.7. The molecule has 4 aromatic rings. The van der Waals surface area contributed by atoms with Crippen LogP contribution in [0.15, 0.2) is 36.4 Å². The second-order valence-electron chi connectivity index (χ2n) is 7.43. The molecule has 0 saturated heterocycles. The molecule has 0 saturated carbocycles. The molecule has 7 heteroatoms. The number of benzene rings is 2. The predicted octanol–water partition coefficient (Wildman–Crippen LogP) is 4.76. The molecule has 0 amide bonds. The van der Waals surface area contributed by atoms with Crippen LogP contribution in [0.25, 0.3) is 28.1 Å². The summed E-state index contributed by atoms with van der Waals surface area (Å²) in [5.74, 6) is 1.45. The minimum Gasteiger partial charge on any atom is -0.494 e. The fourth-order valence-electron chi connectivity index (χ4n) is 3.44. The molecule has 150 valence electrons. The summed E-state index contributed by atoms with van der Waals surface area (Å²) >= 11 is 6.55. The van der Waals surface area contributed by atoms with Gasteiger partial charge in [0.2, 0.25) is 0 Å². The van der Waals surface area contributed by atoms with Crippen molar-refractivity contribution in [3.8, 4) is 17.1 Å². The third-order valence-corrected chi connectivity index (χ3v) is 5.04.